The second kappa shape index (κ2) is 6.37. The molecule has 4 rings (SSSR count). The van der Waals surface area contributed by atoms with Crippen molar-refractivity contribution in [2.75, 3.05) is 4.90 Å². The summed E-state index contributed by atoms with van der Waals surface area (Å²) in [6.07, 6.45) is 0.909. The molecule has 26 heavy (non-hydrogen) atoms. The number of fused-ring (bicyclic) bond motifs is 1. The van der Waals surface area contributed by atoms with E-state index in [2.05, 4.69) is 17.3 Å². The summed E-state index contributed by atoms with van der Waals surface area (Å²) in [5.41, 5.74) is 3.93. The van der Waals surface area contributed by atoms with E-state index >= 15 is 0 Å². The van der Waals surface area contributed by atoms with Crippen LogP contribution in [0.5, 0.6) is 0 Å². The first-order chi connectivity index (χ1) is 12.6. The molecule has 0 aliphatic carbocycles. The molecule has 2 aromatic rings. The van der Waals surface area contributed by atoms with Crippen LogP contribution in [-0.4, -0.2) is 28.9 Å². The first-order valence-corrected chi connectivity index (χ1v) is 8.78. The maximum atomic E-state index is 13.0. The highest BCUT2D eigenvalue weighted by Gasteiger charge is 2.54. The van der Waals surface area contributed by atoms with E-state index in [1.54, 1.807) is 5.01 Å². The van der Waals surface area contributed by atoms with Crippen molar-refractivity contribution in [3.8, 4) is 0 Å². The summed E-state index contributed by atoms with van der Waals surface area (Å²) in [5.74, 6) is -0.568. The smallest absolute Gasteiger partial charge is 0.263 e. The molecule has 1 saturated heterocycles. The van der Waals surface area contributed by atoms with Gasteiger partial charge in [-0.2, -0.15) is 5.11 Å². The van der Waals surface area contributed by atoms with Crippen LogP contribution < -0.4 is 4.90 Å². The number of hydrogen-bond donors (Lipinski definition) is 0. The van der Waals surface area contributed by atoms with Crippen molar-refractivity contribution >= 4 is 17.5 Å². The summed E-state index contributed by atoms with van der Waals surface area (Å²) in [4.78, 5) is 26.9. The van der Waals surface area contributed by atoms with Gasteiger partial charge in [0.25, 0.3) is 11.8 Å². The van der Waals surface area contributed by atoms with E-state index in [0.717, 1.165) is 23.1 Å². The number of rotatable bonds is 4. The van der Waals surface area contributed by atoms with Crippen molar-refractivity contribution in [2.24, 2.45) is 10.3 Å². The Balaban J connectivity index is 1.58. The minimum atomic E-state index is -0.752. The second-order valence-electron chi connectivity index (χ2n) is 6.71. The van der Waals surface area contributed by atoms with E-state index in [1.807, 2.05) is 55.5 Å². The van der Waals surface area contributed by atoms with Gasteiger partial charge in [0.2, 0.25) is 0 Å². The van der Waals surface area contributed by atoms with Crippen molar-refractivity contribution in [1.29, 1.82) is 0 Å². The maximum absolute atomic E-state index is 13.0. The predicted octanol–water partition coefficient (Wildman–Crippen LogP) is 3.05. The first kappa shape index (κ1) is 16.4. The average Bonchev–Trinajstić information content (AvgIpc) is 3.16. The fraction of sp³-hybridized carbons (Fsp3) is 0.300. The van der Waals surface area contributed by atoms with Crippen LogP contribution >= 0.6 is 0 Å². The molecule has 0 aromatic heterocycles. The molecule has 0 radical (unpaired) electrons. The highest BCUT2D eigenvalue weighted by atomic mass is 16.2. The molecule has 2 heterocycles. The summed E-state index contributed by atoms with van der Waals surface area (Å²) in [6.45, 7) is 4.53. The Bertz CT molecular complexity index is 891. The van der Waals surface area contributed by atoms with E-state index in [0.29, 0.717) is 12.2 Å². The maximum Gasteiger partial charge on any atom is 0.263 e. The van der Waals surface area contributed by atoms with Crippen LogP contribution in [0.15, 0.2) is 58.9 Å². The molecule has 2 aliphatic rings. The summed E-state index contributed by atoms with van der Waals surface area (Å²) < 4.78 is 0. The number of aryl methyl sites for hydroxylation is 2. The van der Waals surface area contributed by atoms with Gasteiger partial charge in [0.1, 0.15) is 0 Å². The number of nitrogens with zero attached hydrogens (tertiary/aromatic N) is 4. The van der Waals surface area contributed by atoms with Gasteiger partial charge in [-0.25, -0.2) is 4.90 Å². The van der Waals surface area contributed by atoms with Gasteiger partial charge in [0.05, 0.1) is 12.2 Å². The van der Waals surface area contributed by atoms with E-state index < -0.39 is 12.1 Å². The van der Waals surface area contributed by atoms with Gasteiger partial charge in [0, 0.05) is 0 Å². The zero-order valence-electron chi connectivity index (χ0n) is 14.8. The molecular formula is C20H20N4O2. The molecule has 2 atom stereocenters. The fourth-order valence-corrected chi connectivity index (χ4v) is 3.49. The van der Waals surface area contributed by atoms with Gasteiger partial charge >= 0.3 is 0 Å². The van der Waals surface area contributed by atoms with Crippen LogP contribution in [0.4, 0.5) is 5.69 Å². The molecule has 132 valence electrons. The van der Waals surface area contributed by atoms with Crippen LogP contribution in [0.25, 0.3) is 0 Å². The van der Waals surface area contributed by atoms with Gasteiger partial charge < -0.3 is 0 Å². The van der Waals surface area contributed by atoms with Crippen LogP contribution in [0, 0.1) is 6.92 Å². The van der Waals surface area contributed by atoms with Crippen LogP contribution in [0.2, 0.25) is 0 Å². The van der Waals surface area contributed by atoms with E-state index in [4.69, 9.17) is 0 Å². The highest BCUT2D eigenvalue weighted by molar-refractivity contribution is 6.25. The molecule has 0 bridgehead atoms. The Kier molecular flexibility index (Phi) is 4.03. The highest BCUT2D eigenvalue weighted by Crippen LogP contribution is 2.32. The normalized spacial score (nSPS) is 21.6. The van der Waals surface area contributed by atoms with Crippen LogP contribution in [-0.2, 0) is 22.6 Å². The predicted molar refractivity (Wildman–Crippen MR) is 97.5 cm³/mol. The number of anilines is 1. The third kappa shape index (κ3) is 2.67. The number of carbonyl (C=O) groups excluding carboxylic acids is 2. The second-order valence-corrected chi connectivity index (χ2v) is 6.71. The quantitative estimate of drug-likeness (QED) is 0.798. The molecule has 0 unspecified atom stereocenters. The van der Waals surface area contributed by atoms with Crippen LogP contribution in [0.1, 0.15) is 23.6 Å². The van der Waals surface area contributed by atoms with Crippen molar-refractivity contribution in [2.45, 2.75) is 38.9 Å². The van der Waals surface area contributed by atoms with Gasteiger partial charge in [-0.1, -0.05) is 54.1 Å². The van der Waals surface area contributed by atoms with E-state index in [1.165, 1.54) is 4.90 Å². The molecule has 6 nitrogen and oxygen atoms in total. The van der Waals surface area contributed by atoms with E-state index in [-0.39, 0.29) is 11.8 Å². The lowest BCUT2D eigenvalue weighted by Crippen LogP contribution is -2.39. The lowest BCUT2D eigenvalue weighted by atomic mass is 10.1. The number of carbonyl (C=O) groups is 2. The molecule has 2 aromatic carbocycles. The van der Waals surface area contributed by atoms with Crippen molar-refractivity contribution in [1.82, 2.24) is 5.01 Å². The molecule has 1 fully saturated rings. The van der Waals surface area contributed by atoms with E-state index in [9.17, 15) is 9.59 Å². The fourth-order valence-electron chi connectivity index (χ4n) is 3.49. The summed E-state index contributed by atoms with van der Waals surface area (Å²) in [5, 5.41) is 9.79. The van der Waals surface area contributed by atoms with Crippen molar-refractivity contribution in [3.63, 3.8) is 0 Å². The largest absolute Gasteiger partial charge is 0.271 e. The Labute approximate surface area is 152 Å². The molecule has 0 N–H and O–H groups in total. The van der Waals surface area contributed by atoms with Gasteiger partial charge in [-0.05, 0) is 36.6 Å². The third-order valence-electron chi connectivity index (χ3n) is 4.89. The Morgan fingerprint density at radius 3 is 2.46 bits per heavy atom. The zero-order chi connectivity index (χ0) is 18.3. The standard InChI is InChI=1S/C20H20N4O2/c1-3-14-7-9-16(10-8-14)24-19(25)17-18(20(24)26)23(22-21-17)12-15-6-4-5-13(2)11-15/h4-11,17-18H,3,12H2,1-2H3/t17-,18-/m0/s1. The molecular weight excluding hydrogens is 328 g/mol. The number of hydrogen-bond acceptors (Lipinski definition) is 5. The van der Waals surface area contributed by atoms with Crippen LogP contribution in [0.3, 0.4) is 0 Å². The number of imide groups is 1. The molecule has 2 amide bonds. The minimum absolute atomic E-state index is 0.262. The zero-order valence-corrected chi connectivity index (χ0v) is 14.8. The Morgan fingerprint density at radius 2 is 1.77 bits per heavy atom. The molecule has 0 spiro atoms. The minimum Gasteiger partial charge on any atom is -0.271 e. The first-order valence-electron chi connectivity index (χ1n) is 8.78. The average molecular weight is 348 g/mol. The lowest BCUT2D eigenvalue weighted by molar-refractivity contribution is -0.123. The number of benzene rings is 2. The molecule has 0 saturated carbocycles. The number of amides is 2. The summed E-state index contributed by atoms with van der Waals surface area (Å²) in [7, 11) is 0. The summed E-state index contributed by atoms with van der Waals surface area (Å²) in [6, 6.07) is 14.1. The third-order valence-corrected chi connectivity index (χ3v) is 4.89. The molecule has 2 aliphatic heterocycles. The Morgan fingerprint density at radius 1 is 1.00 bits per heavy atom. The Hall–Kier alpha value is -3.02. The SMILES string of the molecule is CCc1ccc(N2C(=O)[C@H]3N=NN(Cc4cccc(C)c4)[C@@H]3C2=O)cc1. The van der Waals surface area contributed by atoms with Gasteiger partial charge in [-0.3, -0.25) is 14.6 Å². The summed E-state index contributed by atoms with van der Waals surface area (Å²) >= 11 is 0. The topological polar surface area (TPSA) is 65.3 Å². The van der Waals surface area contributed by atoms with Gasteiger partial charge in [0.15, 0.2) is 12.1 Å². The van der Waals surface area contributed by atoms with Crippen molar-refractivity contribution < 1.29 is 9.59 Å². The monoisotopic (exact) mass is 348 g/mol. The lowest BCUT2D eigenvalue weighted by Gasteiger charge is -2.21. The molecule has 6 heteroatoms. The van der Waals surface area contributed by atoms with Gasteiger partial charge in [-0.15, -0.1) is 0 Å². The van der Waals surface area contributed by atoms with Crippen molar-refractivity contribution in [3.05, 3.63) is 65.2 Å².